The van der Waals surface area contributed by atoms with Crippen molar-refractivity contribution in [3.05, 3.63) is 35.4 Å². The molecule has 4 N–H and O–H groups in total. The second-order valence-electron chi connectivity index (χ2n) is 4.00. The molecule has 0 fully saturated rings. The summed E-state index contributed by atoms with van der Waals surface area (Å²) in [5.74, 6) is 0.140. The number of ether oxygens (including phenoxy) is 1. The molecule has 1 aromatic carbocycles. The highest BCUT2D eigenvalue weighted by atomic mass is 16.5. The lowest BCUT2D eigenvalue weighted by Gasteiger charge is -2.06. The van der Waals surface area contributed by atoms with Crippen molar-refractivity contribution < 1.29 is 9.53 Å². The molecule has 92 valence electrons. The number of amides is 1. The molecular weight excluding hydrogens is 216 g/mol. The molecule has 17 heavy (non-hydrogen) atoms. The monoisotopic (exact) mass is 234 g/mol. The van der Waals surface area contributed by atoms with Gasteiger partial charge in [-0.1, -0.05) is 23.8 Å². The predicted octanol–water partition coefficient (Wildman–Crippen LogP) is 1.30. The van der Waals surface area contributed by atoms with Crippen LogP contribution in [0.2, 0.25) is 0 Å². The molecule has 0 aliphatic heterocycles. The highest BCUT2D eigenvalue weighted by Gasteiger charge is 1.99. The highest BCUT2D eigenvalue weighted by molar-refractivity contribution is 5.75. The minimum Gasteiger partial charge on any atom is -0.484 e. The molecule has 0 saturated heterocycles. The summed E-state index contributed by atoms with van der Waals surface area (Å²) in [6.07, 6.45) is 2.02. The number of carbonyl (C=O) groups excluding carboxylic acids is 1. The van der Waals surface area contributed by atoms with Crippen LogP contribution in [0.4, 0.5) is 0 Å². The Labute approximate surface area is 101 Å². The molecule has 4 heteroatoms. The average Bonchev–Trinajstić information content (AvgIpc) is 2.28. The fourth-order valence-corrected chi connectivity index (χ4v) is 1.21. The number of benzene rings is 1. The first-order valence-electron chi connectivity index (χ1n) is 5.44. The number of carbonyl (C=O) groups is 1. The Morgan fingerprint density at radius 2 is 2.00 bits per heavy atom. The van der Waals surface area contributed by atoms with Gasteiger partial charge in [0.2, 0.25) is 0 Å². The molecule has 0 saturated carbocycles. The molecular formula is C13H18N2O2. The first kappa shape index (κ1) is 13.3. The van der Waals surface area contributed by atoms with Gasteiger partial charge < -0.3 is 16.2 Å². The van der Waals surface area contributed by atoms with Gasteiger partial charge in [-0.3, -0.25) is 4.79 Å². The van der Waals surface area contributed by atoms with Crippen LogP contribution in [0.25, 0.3) is 6.08 Å². The topological polar surface area (TPSA) is 78.3 Å². The second kappa shape index (κ2) is 6.06. The molecule has 1 rings (SSSR count). The standard InChI is InChI=1S/C13H18N2O2/c1-9(10(2)14)7-11-3-5-12(6-4-11)17-8-13(15)16/h3-7,10H,8,14H2,1-2H3,(H2,15,16)/b9-7+. The van der Waals surface area contributed by atoms with E-state index < -0.39 is 5.91 Å². The minimum absolute atomic E-state index is 0.0424. The van der Waals surface area contributed by atoms with Gasteiger partial charge in [-0.15, -0.1) is 0 Å². The Morgan fingerprint density at radius 3 is 2.47 bits per heavy atom. The van der Waals surface area contributed by atoms with Gasteiger partial charge in [-0.05, 0) is 31.5 Å². The number of nitrogens with two attached hydrogens (primary N) is 2. The largest absolute Gasteiger partial charge is 0.484 e. The maximum atomic E-state index is 10.5. The molecule has 0 aliphatic rings. The van der Waals surface area contributed by atoms with Gasteiger partial charge in [-0.2, -0.15) is 0 Å². The van der Waals surface area contributed by atoms with Gasteiger partial charge >= 0.3 is 0 Å². The molecule has 1 amide bonds. The van der Waals surface area contributed by atoms with Crippen LogP contribution in [0.15, 0.2) is 29.8 Å². The molecule has 1 aromatic rings. The second-order valence-corrected chi connectivity index (χ2v) is 4.00. The van der Waals surface area contributed by atoms with Gasteiger partial charge in [0.15, 0.2) is 6.61 Å². The van der Waals surface area contributed by atoms with Crippen LogP contribution in [-0.2, 0) is 4.79 Å². The van der Waals surface area contributed by atoms with Crippen LogP contribution < -0.4 is 16.2 Å². The quantitative estimate of drug-likeness (QED) is 0.806. The lowest BCUT2D eigenvalue weighted by Crippen LogP contribution is -2.19. The van der Waals surface area contributed by atoms with E-state index in [-0.39, 0.29) is 12.6 Å². The van der Waals surface area contributed by atoms with E-state index in [4.69, 9.17) is 16.2 Å². The van der Waals surface area contributed by atoms with E-state index in [2.05, 4.69) is 0 Å². The number of hydrogen-bond acceptors (Lipinski definition) is 3. The summed E-state index contributed by atoms with van der Waals surface area (Å²) in [5.41, 5.74) is 12.9. The number of hydrogen-bond donors (Lipinski definition) is 2. The summed E-state index contributed by atoms with van der Waals surface area (Å²) in [6.45, 7) is 3.83. The SMILES string of the molecule is C/C(=C\c1ccc(OCC(N)=O)cc1)C(C)N. The minimum atomic E-state index is -0.484. The summed E-state index contributed by atoms with van der Waals surface area (Å²) < 4.78 is 5.15. The maximum absolute atomic E-state index is 10.5. The average molecular weight is 234 g/mol. The third kappa shape index (κ3) is 4.70. The van der Waals surface area contributed by atoms with E-state index in [0.29, 0.717) is 5.75 Å². The van der Waals surface area contributed by atoms with Gasteiger partial charge in [0.05, 0.1) is 0 Å². The van der Waals surface area contributed by atoms with Crippen molar-refractivity contribution in [1.82, 2.24) is 0 Å². The van der Waals surface area contributed by atoms with E-state index in [9.17, 15) is 4.79 Å². The number of rotatable bonds is 5. The zero-order chi connectivity index (χ0) is 12.8. The van der Waals surface area contributed by atoms with Crippen LogP contribution in [0, 0.1) is 0 Å². The molecule has 0 aromatic heterocycles. The smallest absolute Gasteiger partial charge is 0.255 e. The first-order valence-corrected chi connectivity index (χ1v) is 5.44. The van der Waals surface area contributed by atoms with Crippen LogP contribution in [0.5, 0.6) is 5.75 Å². The Bertz CT molecular complexity index is 408. The number of primary amides is 1. The maximum Gasteiger partial charge on any atom is 0.255 e. The molecule has 4 nitrogen and oxygen atoms in total. The third-order valence-electron chi connectivity index (χ3n) is 2.37. The third-order valence-corrected chi connectivity index (χ3v) is 2.37. The summed E-state index contributed by atoms with van der Waals surface area (Å²) in [7, 11) is 0. The molecule has 1 atom stereocenters. The van der Waals surface area contributed by atoms with Gasteiger partial charge in [-0.25, -0.2) is 0 Å². The highest BCUT2D eigenvalue weighted by Crippen LogP contribution is 2.15. The van der Waals surface area contributed by atoms with Gasteiger partial charge in [0.1, 0.15) is 5.75 Å². The van der Waals surface area contributed by atoms with E-state index >= 15 is 0 Å². The van der Waals surface area contributed by atoms with E-state index in [0.717, 1.165) is 11.1 Å². The van der Waals surface area contributed by atoms with Gasteiger partial charge in [0.25, 0.3) is 5.91 Å². The Hall–Kier alpha value is -1.81. The molecule has 0 bridgehead atoms. The van der Waals surface area contributed by atoms with Crippen molar-refractivity contribution in [3.63, 3.8) is 0 Å². The Kier molecular flexibility index (Phi) is 4.72. The predicted molar refractivity (Wildman–Crippen MR) is 68.4 cm³/mol. The fraction of sp³-hybridized carbons (Fsp3) is 0.308. The van der Waals surface area contributed by atoms with Crippen molar-refractivity contribution >= 4 is 12.0 Å². The zero-order valence-electron chi connectivity index (χ0n) is 10.1. The molecule has 0 spiro atoms. The molecule has 0 aliphatic carbocycles. The molecule has 0 heterocycles. The molecule has 0 radical (unpaired) electrons. The first-order chi connectivity index (χ1) is 7.99. The molecule has 1 unspecified atom stereocenters. The van der Waals surface area contributed by atoms with Crippen molar-refractivity contribution in [3.8, 4) is 5.75 Å². The van der Waals surface area contributed by atoms with Crippen molar-refractivity contribution in [1.29, 1.82) is 0 Å². The van der Waals surface area contributed by atoms with Crippen LogP contribution >= 0.6 is 0 Å². The van der Waals surface area contributed by atoms with Crippen molar-refractivity contribution in [2.45, 2.75) is 19.9 Å². The fourth-order valence-electron chi connectivity index (χ4n) is 1.21. The zero-order valence-corrected chi connectivity index (χ0v) is 10.1. The van der Waals surface area contributed by atoms with E-state index in [1.165, 1.54) is 0 Å². The summed E-state index contributed by atoms with van der Waals surface area (Å²) in [6, 6.07) is 7.44. The van der Waals surface area contributed by atoms with Gasteiger partial charge in [0, 0.05) is 6.04 Å². The van der Waals surface area contributed by atoms with E-state index in [1.807, 2.05) is 32.1 Å². The van der Waals surface area contributed by atoms with Crippen LogP contribution in [0.3, 0.4) is 0 Å². The normalized spacial score (nSPS) is 13.2. The summed E-state index contributed by atoms with van der Waals surface area (Å²) in [5, 5.41) is 0. The lowest BCUT2D eigenvalue weighted by atomic mass is 10.1. The van der Waals surface area contributed by atoms with Crippen molar-refractivity contribution in [2.75, 3.05) is 6.61 Å². The summed E-state index contributed by atoms with van der Waals surface area (Å²) in [4.78, 5) is 10.5. The Morgan fingerprint density at radius 1 is 1.41 bits per heavy atom. The van der Waals surface area contributed by atoms with E-state index in [1.54, 1.807) is 12.1 Å². The van der Waals surface area contributed by atoms with Crippen LogP contribution in [-0.4, -0.2) is 18.6 Å². The lowest BCUT2D eigenvalue weighted by molar-refractivity contribution is -0.119. The van der Waals surface area contributed by atoms with Crippen LogP contribution in [0.1, 0.15) is 19.4 Å². The van der Waals surface area contributed by atoms with Crippen molar-refractivity contribution in [2.24, 2.45) is 11.5 Å². The Balaban J connectivity index is 2.68. The summed E-state index contributed by atoms with van der Waals surface area (Å²) >= 11 is 0.